The smallest absolute Gasteiger partial charge is 0.341 e. The van der Waals surface area contributed by atoms with Crippen LogP contribution in [0.1, 0.15) is 29.5 Å². The third-order valence-electron chi connectivity index (χ3n) is 2.64. The minimum Gasteiger partial charge on any atom is -0.477 e. The Morgan fingerprint density at radius 2 is 2.26 bits per heavy atom. The van der Waals surface area contributed by atoms with Crippen molar-refractivity contribution in [3.63, 3.8) is 0 Å². The molecule has 0 fully saturated rings. The second kappa shape index (κ2) is 5.75. The number of carboxylic acids is 1. The van der Waals surface area contributed by atoms with Gasteiger partial charge in [0, 0.05) is 21.5 Å². The molecule has 6 heteroatoms. The van der Waals surface area contributed by atoms with Crippen LogP contribution >= 0.6 is 27.5 Å². The average molecular weight is 345 g/mol. The summed E-state index contributed by atoms with van der Waals surface area (Å²) in [6.45, 7) is 1.95. The normalized spacial score (nSPS) is 10.7. The van der Waals surface area contributed by atoms with Gasteiger partial charge in [-0.15, -0.1) is 0 Å². The number of aromatic nitrogens is 1. The minimum atomic E-state index is -1.05. The number of carboxylic acid groups (broad SMARTS) is 1. The Morgan fingerprint density at radius 3 is 2.89 bits per heavy atom. The van der Waals surface area contributed by atoms with E-state index in [1.54, 1.807) is 18.2 Å². The Hall–Kier alpha value is -1.33. The van der Waals surface area contributed by atoms with Gasteiger partial charge < -0.3 is 9.63 Å². The quantitative estimate of drug-likeness (QED) is 0.892. The van der Waals surface area contributed by atoms with Crippen molar-refractivity contribution in [3.05, 3.63) is 39.0 Å². The number of nitrogens with zero attached hydrogens (tertiary/aromatic N) is 1. The maximum atomic E-state index is 11.4. The van der Waals surface area contributed by atoms with E-state index >= 15 is 0 Å². The van der Waals surface area contributed by atoms with Gasteiger partial charge in [-0.2, -0.15) is 0 Å². The summed E-state index contributed by atoms with van der Waals surface area (Å²) < 4.78 is 5.87. The molecule has 0 amide bonds. The fourth-order valence-electron chi connectivity index (χ4n) is 1.81. The topological polar surface area (TPSA) is 63.3 Å². The van der Waals surface area contributed by atoms with Crippen molar-refractivity contribution in [1.29, 1.82) is 0 Å². The van der Waals surface area contributed by atoms with Crippen LogP contribution in [0.2, 0.25) is 5.02 Å². The van der Waals surface area contributed by atoms with Gasteiger partial charge in [0.25, 0.3) is 0 Å². The van der Waals surface area contributed by atoms with E-state index in [4.69, 9.17) is 16.1 Å². The van der Waals surface area contributed by atoms with Crippen molar-refractivity contribution >= 4 is 33.5 Å². The highest BCUT2D eigenvalue weighted by Crippen LogP contribution is 2.33. The first-order valence-electron chi connectivity index (χ1n) is 5.71. The molecule has 0 spiro atoms. The summed E-state index contributed by atoms with van der Waals surface area (Å²) in [5, 5.41) is 13.7. The van der Waals surface area contributed by atoms with Crippen LogP contribution in [0, 0.1) is 0 Å². The molecule has 0 saturated heterocycles. The van der Waals surface area contributed by atoms with E-state index in [2.05, 4.69) is 21.1 Å². The molecule has 0 radical (unpaired) electrons. The van der Waals surface area contributed by atoms with Crippen LogP contribution in [0.15, 0.2) is 27.2 Å². The monoisotopic (exact) mass is 343 g/mol. The highest BCUT2D eigenvalue weighted by Gasteiger charge is 2.24. The molecule has 0 aliphatic heterocycles. The number of rotatable bonds is 4. The number of carbonyl (C=O) groups is 1. The standard InChI is InChI=1S/C13H11BrClNO3/c1-2-3-10-11(13(17)18)12(16-19-10)8-6-7(15)4-5-9(8)14/h4-6H,2-3H2,1H3,(H,17,18). The predicted octanol–water partition coefficient (Wildman–Crippen LogP) is 4.41. The Morgan fingerprint density at radius 1 is 1.53 bits per heavy atom. The van der Waals surface area contributed by atoms with Crippen molar-refractivity contribution in [2.75, 3.05) is 0 Å². The summed E-state index contributed by atoms with van der Waals surface area (Å²) in [5.74, 6) is -0.663. The number of halogens is 2. The summed E-state index contributed by atoms with van der Waals surface area (Å²) in [5.41, 5.74) is 1.01. The van der Waals surface area contributed by atoms with Gasteiger partial charge in [0.05, 0.1) is 0 Å². The summed E-state index contributed by atoms with van der Waals surface area (Å²) in [7, 11) is 0. The van der Waals surface area contributed by atoms with Crippen molar-refractivity contribution < 1.29 is 14.4 Å². The zero-order chi connectivity index (χ0) is 14.0. The Labute approximate surface area is 123 Å². The minimum absolute atomic E-state index is 0.102. The van der Waals surface area contributed by atoms with Gasteiger partial charge in [-0.1, -0.05) is 39.6 Å². The van der Waals surface area contributed by atoms with Crippen LogP contribution in [0.3, 0.4) is 0 Å². The van der Waals surface area contributed by atoms with Crippen molar-refractivity contribution in [3.8, 4) is 11.3 Å². The molecule has 0 saturated carbocycles. The molecule has 0 atom stereocenters. The van der Waals surface area contributed by atoms with E-state index in [1.165, 1.54) is 0 Å². The Kier molecular flexibility index (Phi) is 4.27. The van der Waals surface area contributed by atoms with Crippen LogP contribution in [0.25, 0.3) is 11.3 Å². The number of benzene rings is 1. The van der Waals surface area contributed by atoms with Crippen LogP contribution in [0.4, 0.5) is 0 Å². The summed E-state index contributed by atoms with van der Waals surface area (Å²) in [6, 6.07) is 5.12. The van der Waals surface area contributed by atoms with Gasteiger partial charge in [0.2, 0.25) is 0 Å². The summed E-state index contributed by atoms with van der Waals surface area (Å²) in [6.07, 6.45) is 1.32. The second-order valence-electron chi connectivity index (χ2n) is 4.01. The second-order valence-corrected chi connectivity index (χ2v) is 5.30. The largest absolute Gasteiger partial charge is 0.477 e. The van der Waals surface area contributed by atoms with E-state index in [1.807, 2.05) is 6.92 Å². The number of aromatic carboxylic acids is 1. The van der Waals surface area contributed by atoms with E-state index in [-0.39, 0.29) is 5.56 Å². The van der Waals surface area contributed by atoms with Crippen molar-refractivity contribution in [2.24, 2.45) is 0 Å². The van der Waals surface area contributed by atoms with Gasteiger partial charge >= 0.3 is 5.97 Å². The van der Waals surface area contributed by atoms with Crippen molar-refractivity contribution in [1.82, 2.24) is 5.16 Å². The van der Waals surface area contributed by atoms with Gasteiger partial charge in [-0.05, 0) is 24.6 Å². The molecule has 0 aliphatic carbocycles. The maximum Gasteiger partial charge on any atom is 0.341 e. The fraction of sp³-hybridized carbons (Fsp3) is 0.231. The van der Waals surface area contributed by atoms with Gasteiger partial charge in [-0.3, -0.25) is 0 Å². The molecular formula is C13H11BrClNO3. The van der Waals surface area contributed by atoms with Crippen LogP contribution in [-0.4, -0.2) is 16.2 Å². The van der Waals surface area contributed by atoms with Gasteiger partial charge in [-0.25, -0.2) is 4.79 Å². The lowest BCUT2D eigenvalue weighted by Gasteiger charge is -2.03. The first-order chi connectivity index (χ1) is 9.04. The van der Waals surface area contributed by atoms with Crippen LogP contribution < -0.4 is 0 Å². The molecule has 19 heavy (non-hydrogen) atoms. The molecule has 4 nitrogen and oxygen atoms in total. The molecule has 1 aromatic heterocycles. The SMILES string of the molecule is CCCc1onc(-c2cc(Cl)ccc2Br)c1C(=O)O. The molecule has 0 unspecified atom stereocenters. The highest BCUT2D eigenvalue weighted by atomic mass is 79.9. The third-order valence-corrected chi connectivity index (χ3v) is 3.56. The predicted molar refractivity (Wildman–Crippen MR) is 75.6 cm³/mol. The van der Waals surface area contributed by atoms with E-state index in [0.29, 0.717) is 28.5 Å². The summed E-state index contributed by atoms with van der Waals surface area (Å²) in [4.78, 5) is 11.4. The molecular weight excluding hydrogens is 334 g/mol. The number of hydrogen-bond acceptors (Lipinski definition) is 3. The zero-order valence-electron chi connectivity index (χ0n) is 10.1. The first kappa shape index (κ1) is 14.1. The van der Waals surface area contributed by atoms with E-state index < -0.39 is 5.97 Å². The molecule has 2 aromatic rings. The average Bonchev–Trinajstić information content (AvgIpc) is 2.76. The van der Waals surface area contributed by atoms with Crippen LogP contribution in [0.5, 0.6) is 0 Å². The molecule has 0 bridgehead atoms. The van der Waals surface area contributed by atoms with E-state index in [0.717, 1.165) is 10.9 Å². The molecule has 100 valence electrons. The molecule has 0 aliphatic rings. The number of hydrogen-bond donors (Lipinski definition) is 1. The Balaban J connectivity index is 2.62. The third kappa shape index (κ3) is 2.82. The molecule has 1 heterocycles. The van der Waals surface area contributed by atoms with Gasteiger partial charge in [0.15, 0.2) is 5.76 Å². The fourth-order valence-corrected chi connectivity index (χ4v) is 2.41. The lowest BCUT2D eigenvalue weighted by atomic mass is 10.0. The van der Waals surface area contributed by atoms with Crippen LogP contribution in [-0.2, 0) is 6.42 Å². The molecule has 2 rings (SSSR count). The van der Waals surface area contributed by atoms with Crippen molar-refractivity contribution in [2.45, 2.75) is 19.8 Å². The van der Waals surface area contributed by atoms with E-state index in [9.17, 15) is 9.90 Å². The zero-order valence-corrected chi connectivity index (χ0v) is 12.5. The highest BCUT2D eigenvalue weighted by molar-refractivity contribution is 9.10. The first-order valence-corrected chi connectivity index (χ1v) is 6.89. The maximum absolute atomic E-state index is 11.4. The summed E-state index contributed by atoms with van der Waals surface area (Å²) >= 11 is 9.31. The lowest BCUT2D eigenvalue weighted by molar-refractivity contribution is 0.0695. The van der Waals surface area contributed by atoms with Gasteiger partial charge in [0.1, 0.15) is 11.3 Å². The molecule has 1 aromatic carbocycles. The molecule has 1 N–H and O–H groups in total. The Bertz CT molecular complexity index is 624. The lowest BCUT2D eigenvalue weighted by Crippen LogP contribution is -2.01. The number of aryl methyl sites for hydroxylation is 1.